The first-order valence-electron chi connectivity index (χ1n) is 5.05. The summed E-state index contributed by atoms with van der Waals surface area (Å²) in [5.41, 5.74) is 6.86. The van der Waals surface area contributed by atoms with Gasteiger partial charge in [-0.3, -0.25) is 4.98 Å². The molecule has 18 heavy (non-hydrogen) atoms. The molecule has 0 saturated carbocycles. The quantitative estimate of drug-likeness (QED) is 0.280. The summed E-state index contributed by atoms with van der Waals surface area (Å²) in [6, 6.07) is 3.58. The second-order valence-corrected chi connectivity index (χ2v) is 4.34. The maximum atomic E-state index is 8.57. The summed E-state index contributed by atoms with van der Waals surface area (Å²) in [6.45, 7) is 1.74. The fourth-order valence-corrected chi connectivity index (χ4v) is 1.98. The van der Waals surface area contributed by atoms with E-state index in [-0.39, 0.29) is 5.84 Å². The highest BCUT2D eigenvalue weighted by Crippen LogP contribution is 2.21. The van der Waals surface area contributed by atoms with Gasteiger partial charge < -0.3 is 15.4 Å². The van der Waals surface area contributed by atoms with Crippen LogP contribution in [0.3, 0.4) is 0 Å². The normalized spacial score (nSPS) is 11.7. The van der Waals surface area contributed by atoms with Gasteiger partial charge in [-0.25, -0.2) is 0 Å². The Balaban J connectivity index is 2.05. The summed E-state index contributed by atoms with van der Waals surface area (Å²) >= 11 is 1.41. The standard InChI is InChI=1S/C10H11N5O2S/c1-6-13-14-10(17-6)18-5-7-2-3-12-8(4-7)9(11)15-16/h2-4,16H,5H2,1H3,(H2,11,15). The molecule has 94 valence electrons. The van der Waals surface area contributed by atoms with Crippen LogP contribution in [0.4, 0.5) is 0 Å². The van der Waals surface area contributed by atoms with Crippen molar-refractivity contribution in [2.45, 2.75) is 17.9 Å². The molecule has 3 N–H and O–H groups in total. The van der Waals surface area contributed by atoms with Crippen LogP contribution in [0, 0.1) is 6.92 Å². The number of nitrogens with two attached hydrogens (primary N) is 1. The average Bonchev–Trinajstić information content (AvgIpc) is 2.81. The number of rotatable bonds is 4. The fraction of sp³-hybridized carbons (Fsp3) is 0.200. The van der Waals surface area contributed by atoms with E-state index < -0.39 is 0 Å². The molecule has 0 aliphatic rings. The Labute approximate surface area is 107 Å². The highest BCUT2D eigenvalue weighted by molar-refractivity contribution is 7.98. The van der Waals surface area contributed by atoms with Crippen LogP contribution in [0.25, 0.3) is 0 Å². The van der Waals surface area contributed by atoms with Gasteiger partial charge >= 0.3 is 0 Å². The molecule has 0 fully saturated rings. The molecular weight excluding hydrogens is 254 g/mol. The summed E-state index contributed by atoms with van der Waals surface area (Å²) in [6.07, 6.45) is 1.60. The van der Waals surface area contributed by atoms with Crippen molar-refractivity contribution >= 4 is 17.6 Å². The molecule has 7 nitrogen and oxygen atoms in total. The molecule has 0 aromatic carbocycles. The molecule has 0 atom stereocenters. The Kier molecular flexibility index (Phi) is 3.78. The van der Waals surface area contributed by atoms with Crippen molar-refractivity contribution in [2.24, 2.45) is 10.9 Å². The monoisotopic (exact) mass is 265 g/mol. The molecule has 2 rings (SSSR count). The van der Waals surface area contributed by atoms with Crippen molar-refractivity contribution in [1.82, 2.24) is 15.2 Å². The van der Waals surface area contributed by atoms with E-state index in [4.69, 9.17) is 15.4 Å². The first-order chi connectivity index (χ1) is 8.69. The van der Waals surface area contributed by atoms with Crippen LogP contribution in [-0.4, -0.2) is 26.2 Å². The zero-order valence-electron chi connectivity index (χ0n) is 9.57. The Morgan fingerprint density at radius 2 is 2.39 bits per heavy atom. The zero-order valence-corrected chi connectivity index (χ0v) is 10.4. The lowest BCUT2D eigenvalue weighted by molar-refractivity contribution is 0.318. The van der Waals surface area contributed by atoms with Gasteiger partial charge in [0.1, 0.15) is 5.69 Å². The number of hydrogen-bond donors (Lipinski definition) is 2. The lowest BCUT2D eigenvalue weighted by Crippen LogP contribution is -2.15. The smallest absolute Gasteiger partial charge is 0.276 e. The van der Waals surface area contributed by atoms with Crippen molar-refractivity contribution in [1.29, 1.82) is 0 Å². The molecule has 0 aliphatic carbocycles. The van der Waals surface area contributed by atoms with Crippen LogP contribution < -0.4 is 5.73 Å². The third-order valence-electron chi connectivity index (χ3n) is 2.06. The van der Waals surface area contributed by atoms with E-state index in [0.29, 0.717) is 22.6 Å². The van der Waals surface area contributed by atoms with Gasteiger partial charge in [0.15, 0.2) is 5.84 Å². The van der Waals surface area contributed by atoms with Crippen LogP contribution in [-0.2, 0) is 5.75 Å². The Morgan fingerprint density at radius 1 is 1.56 bits per heavy atom. The summed E-state index contributed by atoms with van der Waals surface area (Å²) in [5.74, 6) is 1.15. The molecule has 2 aromatic rings. The van der Waals surface area contributed by atoms with E-state index in [9.17, 15) is 0 Å². The minimum atomic E-state index is -0.0181. The van der Waals surface area contributed by atoms with Gasteiger partial charge in [-0.2, -0.15) is 0 Å². The second-order valence-electron chi connectivity index (χ2n) is 3.41. The molecule has 2 aromatic heterocycles. The zero-order chi connectivity index (χ0) is 13.0. The first kappa shape index (κ1) is 12.4. The highest BCUT2D eigenvalue weighted by Gasteiger charge is 2.06. The third-order valence-corrected chi connectivity index (χ3v) is 2.95. The van der Waals surface area contributed by atoms with Crippen molar-refractivity contribution in [3.05, 3.63) is 35.5 Å². The third kappa shape index (κ3) is 2.98. The largest absolute Gasteiger partial charge is 0.416 e. The summed E-state index contributed by atoms with van der Waals surface area (Å²) in [5, 5.41) is 19.6. The Morgan fingerprint density at radius 3 is 3.06 bits per heavy atom. The van der Waals surface area contributed by atoms with Crippen LogP contribution in [0.15, 0.2) is 33.1 Å². The van der Waals surface area contributed by atoms with E-state index >= 15 is 0 Å². The predicted octanol–water partition coefficient (Wildman–Crippen LogP) is 1.16. The Bertz CT molecular complexity index is 569. The van der Waals surface area contributed by atoms with Gasteiger partial charge in [0.05, 0.1) is 0 Å². The van der Waals surface area contributed by atoms with Gasteiger partial charge in [0.25, 0.3) is 5.22 Å². The maximum Gasteiger partial charge on any atom is 0.276 e. The molecule has 0 saturated heterocycles. The summed E-state index contributed by atoms with van der Waals surface area (Å²) in [7, 11) is 0. The Hall–Kier alpha value is -2.09. The maximum absolute atomic E-state index is 8.57. The number of aryl methyl sites for hydroxylation is 1. The van der Waals surface area contributed by atoms with Crippen molar-refractivity contribution < 1.29 is 9.62 Å². The molecule has 8 heteroatoms. The van der Waals surface area contributed by atoms with Crippen molar-refractivity contribution in [2.75, 3.05) is 0 Å². The molecule has 0 unspecified atom stereocenters. The molecule has 0 aliphatic heterocycles. The minimum Gasteiger partial charge on any atom is -0.416 e. The number of oxime groups is 1. The average molecular weight is 265 g/mol. The number of aromatic nitrogens is 3. The molecule has 0 bridgehead atoms. The first-order valence-corrected chi connectivity index (χ1v) is 6.03. The van der Waals surface area contributed by atoms with Crippen molar-refractivity contribution in [3.8, 4) is 0 Å². The van der Waals surface area contributed by atoms with E-state index in [1.54, 1.807) is 19.2 Å². The van der Waals surface area contributed by atoms with Gasteiger partial charge in [0, 0.05) is 18.9 Å². The lowest BCUT2D eigenvalue weighted by atomic mass is 10.2. The minimum absolute atomic E-state index is 0.0181. The molecule has 0 radical (unpaired) electrons. The van der Waals surface area contributed by atoms with E-state index in [1.165, 1.54) is 11.8 Å². The van der Waals surface area contributed by atoms with Crippen molar-refractivity contribution in [3.63, 3.8) is 0 Å². The molecular formula is C10H11N5O2S. The summed E-state index contributed by atoms with van der Waals surface area (Å²) < 4.78 is 5.24. The highest BCUT2D eigenvalue weighted by atomic mass is 32.2. The van der Waals surface area contributed by atoms with E-state index in [0.717, 1.165) is 5.56 Å². The molecule has 0 spiro atoms. The fourth-order valence-electron chi connectivity index (χ4n) is 1.24. The van der Waals surface area contributed by atoms with Gasteiger partial charge in [-0.1, -0.05) is 16.9 Å². The number of hydrogen-bond acceptors (Lipinski definition) is 7. The van der Waals surface area contributed by atoms with Crippen LogP contribution in [0.1, 0.15) is 17.1 Å². The number of thioether (sulfide) groups is 1. The second kappa shape index (κ2) is 5.50. The number of amidine groups is 1. The van der Waals surface area contributed by atoms with Gasteiger partial charge in [-0.05, 0) is 17.7 Å². The van der Waals surface area contributed by atoms with E-state index in [1.807, 2.05) is 6.07 Å². The van der Waals surface area contributed by atoms with Crippen LogP contribution in [0.5, 0.6) is 0 Å². The van der Waals surface area contributed by atoms with E-state index in [2.05, 4.69) is 20.3 Å². The summed E-state index contributed by atoms with van der Waals surface area (Å²) in [4.78, 5) is 3.99. The van der Waals surface area contributed by atoms with Crippen LogP contribution in [0.2, 0.25) is 0 Å². The molecule has 0 amide bonds. The lowest BCUT2D eigenvalue weighted by Gasteiger charge is -2.01. The van der Waals surface area contributed by atoms with Gasteiger partial charge in [0.2, 0.25) is 5.89 Å². The molecule has 2 heterocycles. The number of pyridine rings is 1. The predicted molar refractivity (Wildman–Crippen MR) is 65.3 cm³/mol. The topological polar surface area (TPSA) is 110 Å². The van der Waals surface area contributed by atoms with Gasteiger partial charge in [-0.15, -0.1) is 10.2 Å². The number of nitrogens with zero attached hydrogens (tertiary/aromatic N) is 4. The SMILES string of the molecule is Cc1nnc(SCc2ccnc(C(N)=NO)c2)o1. The van der Waals surface area contributed by atoms with Crippen LogP contribution >= 0.6 is 11.8 Å².